The molecule has 1 aliphatic rings. The summed E-state index contributed by atoms with van der Waals surface area (Å²) >= 11 is 0. The maximum Gasteiger partial charge on any atom is 0.264 e. The van der Waals surface area contributed by atoms with Gasteiger partial charge in [-0.2, -0.15) is 0 Å². The third-order valence-electron chi connectivity index (χ3n) is 5.02. The Bertz CT molecular complexity index is 864. The zero-order chi connectivity index (χ0) is 20.1. The van der Waals surface area contributed by atoms with Crippen molar-refractivity contribution in [1.29, 1.82) is 0 Å². The lowest BCUT2D eigenvalue weighted by molar-refractivity contribution is 0.107. The molecule has 1 fully saturated rings. The molecule has 0 aromatic heterocycles. The molecule has 2 aromatic rings. The van der Waals surface area contributed by atoms with E-state index in [9.17, 15) is 17.9 Å². The van der Waals surface area contributed by atoms with Crippen molar-refractivity contribution in [2.45, 2.75) is 37.2 Å². The molecule has 152 valence electrons. The molecule has 28 heavy (non-hydrogen) atoms. The van der Waals surface area contributed by atoms with Gasteiger partial charge in [0.15, 0.2) is 0 Å². The van der Waals surface area contributed by atoms with Gasteiger partial charge in [-0.25, -0.2) is 12.8 Å². The van der Waals surface area contributed by atoms with Crippen molar-refractivity contribution in [2.75, 3.05) is 30.5 Å². The van der Waals surface area contributed by atoms with Crippen molar-refractivity contribution in [1.82, 2.24) is 4.90 Å². The number of aliphatic hydroxyl groups is 1. The Hall–Kier alpha value is -1.96. The molecule has 1 aliphatic heterocycles. The highest BCUT2D eigenvalue weighted by molar-refractivity contribution is 7.92. The van der Waals surface area contributed by atoms with Crippen LogP contribution in [0, 0.1) is 12.7 Å². The van der Waals surface area contributed by atoms with E-state index in [0.717, 1.165) is 31.5 Å². The van der Waals surface area contributed by atoms with Crippen LogP contribution in [0.2, 0.25) is 0 Å². The lowest BCUT2D eigenvalue weighted by atomic mass is 10.1. The molecule has 2 aromatic carbocycles. The van der Waals surface area contributed by atoms with Gasteiger partial charge in [-0.3, -0.25) is 4.31 Å². The number of likely N-dealkylation sites (tertiary alicyclic amines) is 1. The van der Waals surface area contributed by atoms with Gasteiger partial charge in [-0.1, -0.05) is 24.1 Å². The minimum Gasteiger partial charge on any atom is -0.390 e. The van der Waals surface area contributed by atoms with Crippen LogP contribution in [0.1, 0.15) is 24.8 Å². The molecule has 1 unspecified atom stereocenters. The van der Waals surface area contributed by atoms with Gasteiger partial charge in [0.05, 0.1) is 23.2 Å². The fraction of sp³-hybridized carbons (Fsp3) is 0.429. The number of hydrogen-bond acceptors (Lipinski definition) is 4. The van der Waals surface area contributed by atoms with Gasteiger partial charge in [0.25, 0.3) is 10.0 Å². The first-order chi connectivity index (χ1) is 13.4. The van der Waals surface area contributed by atoms with Crippen LogP contribution >= 0.6 is 0 Å². The van der Waals surface area contributed by atoms with Crippen LogP contribution < -0.4 is 4.31 Å². The molecule has 0 radical (unpaired) electrons. The van der Waals surface area contributed by atoms with E-state index in [1.807, 2.05) is 6.92 Å². The predicted octanol–water partition coefficient (Wildman–Crippen LogP) is 3.18. The van der Waals surface area contributed by atoms with Crippen molar-refractivity contribution in [3.8, 4) is 0 Å². The fourth-order valence-corrected chi connectivity index (χ4v) is 4.98. The first kappa shape index (κ1) is 20.8. The molecule has 1 atom stereocenters. The van der Waals surface area contributed by atoms with Gasteiger partial charge in [-0.05, 0) is 69.3 Å². The summed E-state index contributed by atoms with van der Waals surface area (Å²) in [5, 5.41) is 10.6. The molecule has 0 spiro atoms. The summed E-state index contributed by atoms with van der Waals surface area (Å²) in [5.74, 6) is -0.440. The molecule has 0 saturated carbocycles. The number of halogens is 1. The third-order valence-corrected chi connectivity index (χ3v) is 6.83. The van der Waals surface area contributed by atoms with E-state index in [4.69, 9.17) is 0 Å². The van der Waals surface area contributed by atoms with Crippen molar-refractivity contribution < 1.29 is 17.9 Å². The molecule has 0 bridgehead atoms. The number of β-amino-alcohol motifs (C(OH)–C–C–N with tert-alkyl or cyclic N) is 1. The second-order valence-electron chi connectivity index (χ2n) is 7.34. The number of anilines is 1. The Morgan fingerprint density at radius 3 is 2.25 bits per heavy atom. The summed E-state index contributed by atoms with van der Waals surface area (Å²) < 4.78 is 41.1. The Labute approximate surface area is 166 Å². The van der Waals surface area contributed by atoms with E-state index in [1.54, 1.807) is 24.3 Å². The molecule has 5 nitrogen and oxygen atoms in total. The minimum absolute atomic E-state index is 0.0850. The normalized spacial score (nSPS) is 16.7. The summed E-state index contributed by atoms with van der Waals surface area (Å²) in [6.45, 7) is 4.05. The van der Waals surface area contributed by atoms with Gasteiger partial charge in [0, 0.05) is 6.54 Å². The molecule has 0 amide bonds. The summed E-state index contributed by atoms with van der Waals surface area (Å²) in [6.07, 6.45) is 2.53. The Kier molecular flexibility index (Phi) is 6.69. The van der Waals surface area contributed by atoms with Gasteiger partial charge >= 0.3 is 0 Å². The average molecular weight is 407 g/mol. The zero-order valence-electron chi connectivity index (χ0n) is 16.1. The summed E-state index contributed by atoms with van der Waals surface area (Å²) in [4.78, 5) is 2.31. The van der Waals surface area contributed by atoms with Gasteiger partial charge < -0.3 is 10.0 Å². The molecule has 1 heterocycles. The first-order valence-corrected chi connectivity index (χ1v) is 11.1. The maximum absolute atomic E-state index is 13.4. The summed E-state index contributed by atoms with van der Waals surface area (Å²) in [5.41, 5.74) is 1.29. The Balaban J connectivity index is 1.86. The zero-order valence-corrected chi connectivity index (χ0v) is 16.9. The standard InChI is InChI=1S/C21H27FN2O3S/c1-17-5-11-21(12-6-17)28(26,27)24(19-9-7-18(22)8-10-19)16-20(25)15-23-13-3-2-4-14-23/h5-12,20,25H,2-4,13-16H2,1H3. The van der Waals surface area contributed by atoms with Crippen LogP contribution in [0.25, 0.3) is 0 Å². The first-order valence-electron chi connectivity index (χ1n) is 9.61. The predicted molar refractivity (Wildman–Crippen MR) is 108 cm³/mol. The van der Waals surface area contributed by atoms with Crippen LogP contribution in [-0.2, 0) is 10.0 Å². The topological polar surface area (TPSA) is 60.9 Å². The Morgan fingerprint density at radius 2 is 1.64 bits per heavy atom. The number of sulfonamides is 1. The molecule has 3 rings (SSSR count). The number of piperidine rings is 1. The second kappa shape index (κ2) is 9.03. The molecular weight excluding hydrogens is 379 g/mol. The van der Waals surface area contributed by atoms with Crippen molar-refractivity contribution in [3.63, 3.8) is 0 Å². The van der Waals surface area contributed by atoms with Crippen molar-refractivity contribution in [2.24, 2.45) is 0 Å². The monoisotopic (exact) mass is 406 g/mol. The highest BCUT2D eigenvalue weighted by Crippen LogP contribution is 2.25. The number of hydrogen-bond donors (Lipinski definition) is 1. The molecule has 1 saturated heterocycles. The molecular formula is C21H27FN2O3S. The lowest BCUT2D eigenvalue weighted by Gasteiger charge is -2.31. The van der Waals surface area contributed by atoms with E-state index in [-0.39, 0.29) is 11.4 Å². The lowest BCUT2D eigenvalue weighted by Crippen LogP contribution is -2.44. The summed E-state index contributed by atoms with van der Waals surface area (Å²) in [7, 11) is -3.89. The second-order valence-corrected chi connectivity index (χ2v) is 9.20. The van der Waals surface area contributed by atoms with Crippen LogP contribution in [0.5, 0.6) is 0 Å². The van der Waals surface area contributed by atoms with Crippen LogP contribution in [0.3, 0.4) is 0 Å². The summed E-state index contributed by atoms with van der Waals surface area (Å²) in [6, 6.07) is 11.9. The highest BCUT2D eigenvalue weighted by Gasteiger charge is 2.28. The number of aryl methyl sites for hydroxylation is 1. The van der Waals surface area contributed by atoms with Gasteiger partial charge in [0.2, 0.25) is 0 Å². The minimum atomic E-state index is -3.89. The van der Waals surface area contributed by atoms with Crippen LogP contribution in [0.15, 0.2) is 53.4 Å². The van der Waals surface area contributed by atoms with Gasteiger partial charge in [0.1, 0.15) is 5.82 Å². The molecule has 7 heteroatoms. The van der Waals surface area contributed by atoms with Gasteiger partial charge in [-0.15, -0.1) is 0 Å². The number of rotatable bonds is 7. The van der Waals surface area contributed by atoms with Crippen LogP contribution in [0.4, 0.5) is 10.1 Å². The van der Waals surface area contributed by atoms with E-state index in [2.05, 4.69) is 4.90 Å². The average Bonchev–Trinajstić information content (AvgIpc) is 2.68. The third kappa shape index (κ3) is 5.10. The van der Waals surface area contributed by atoms with E-state index < -0.39 is 21.9 Å². The molecule has 0 aliphatic carbocycles. The Morgan fingerprint density at radius 1 is 1.04 bits per heavy atom. The molecule has 1 N–H and O–H groups in total. The quantitative estimate of drug-likeness (QED) is 0.767. The highest BCUT2D eigenvalue weighted by atomic mass is 32.2. The fourth-order valence-electron chi connectivity index (χ4n) is 3.48. The van der Waals surface area contributed by atoms with Crippen molar-refractivity contribution >= 4 is 15.7 Å². The number of nitrogens with zero attached hydrogens (tertiary/aromatic N) is 2. The van der Waals surface area contributed by atoms with Crippen molar-refractivity contribution in [3.05, 3.63) is 59.9 Å². The van der Waals surface area contributed by atoms with E-state index >= 15 is 0 Å². The van der Waals surface area contributed by atoms with E-state index in [1.165, 1.54) is 35.0 Å². The largest absolute Gasteiger partial charge is 0.390 e. The smallest absolute Gasteiger partial charge is 0.264 e. The van der Waals surface area contributed by atoms with Crippen LogP contribution in [-0.4, -0.2) is 50.7 Å². The number of benzene rings is 2. The SMILES string of the molecule is Cc1ccc(S(=O)(=O)N(CC(O)CN2CCCCC2)c2ccc(F)cc2)cc1. The van der Waals surface area contributed by atoms with E-state index in [0.29, 0.717) is 12.2 Å². The number of aliphatic hydroxyl groups excluding tert-OH is 1. The maximum atomic E-state index is 13.4.